The van der Waals surface area contributed by atoms with E-state index in [2.05, 4.69) is 5.32 Å². The molecule has 98 valence electrons. The van der Waals surface area contributed by atoms with Crippen molar-refractivity contribution in [2.45, 2.75) is 20.3 Å². The summed E-state index contributed by atoms with van der Waals surface area (Å²) in [5.74, 6) is -0.0141. The van der Waals surface area contributed by atoms with Crippen molar-refractivity contribution in [1.29, 1.82) is 0 Å². The average molecular weight is 274 g/mol. The number of aryl methyl sites for hydroxylation is 2. The maximum atomic E-state index is 12.0. The second-order valence-electron chi connectivity index (χ2n) is 4.62. The van der Waals surface area contributed by atoms with E-state index in [1.165, 1.54) is 0 Å². The molecule has 0 aliphatic heterocycles. The van der Waals surface area contributed by atoms with Gasteiger partial charge in [-0.05, 0) is 42.7 Å². The van der Waals surface area contributed by atoms with E-state index in [1.807, 2.05) is 44.2 Å². The lowest BCUT2D eigenvalue weighted by atomic mass is 10.1. The van der Waals surface area contributed by atoms with Crippen LogP contribution in [0.5, 0.6) is 0 Å². The first-order chi connectivity index (χ1) is 9.06. The molecule has 2 aromatic carbocycles. The molecule has 0 radical (unpaired) electrons. The highest BCUT2D eigenvalue weighted by Gasteiger charge is 2.07. The normalized spacial score (nSPS) is 10.3. The van der Waals surface area contributed by atoms with E-state index < -0.39 is 0 Å². The van der Waals surface area contributed by atoms with Crippen molar-refractivity contribution in [3.05, 3.63) is 64.2 Å². The number of carbonyl (C=O) groups excluding carboxylic acids is 1. The molecule has 0 spiro atoms. The van der Waals surface area contributed by atoms with Crippen LogP contribution in [0.4, 0.5) is 5.69 Å². The van der Waals surface area contributed by atoms with Gasteiger partial charge in [-0.3, -0.25) is 4.79 Å². The van der Waals surface area contributed by atoms with Gasteiger partial charge in [0.2, 0.25) is 5.91 Å². The van der Waals surface area contributed by atoms with E-state index in [0.717, 1.165) is 22.4 Å². The number of para-hydroxylation sites is 1. The summed E-state index contributed by atoms with van der Waals surface area (Å²) in [5.41, 5.74) is 4.00. The van der Waals surface area contributed by atoms with Crippen molar-refractivity contribution in [2.24, 2.45) is 0 Å². The number of amides is 1. The summed E-state index contributed by atoms with van der Waals surface area (Å²) >= 11 is 5.82. The third-order valence-corrected chi connectivity index (χ3v) is 3.28. The fourth-order valence-electron chi connectivity index (χ4n) is 1.98. The number of carbonyl (C=O) groups is 1. The minimum absolute atomic E-state index is 0.0141. The molecule has 0 unspecified atom stereocenters. The molecule has 2 rings (SSSR count). The standard InChI is InChI=1S/C16H16ClNO/c1-11-4-3-5-12(2)16(11)18-15(19)10-13-6-8-14(17)9-7-13/h3-9H,10H2,1-2H3,(H,18,19). The predicted molar refractivity (Wildman–Crippen MR) is 79.7 cm³/mol. The molecule has 0 atom stereocenters. The third-order valence-electron chi connectivity index (χ3n) is 3.02. The van der Waals surface area contributed by atoms with E-state index in [0.29, 0.717) is 11.4 Å². The Bertz CT molecular complexity index is 570. The quantitative estimate of drug-likeness (QED) is 0.895. The number of nitrogens with one attached hydrogen (secondary N) is 1. The van der Waals surface area contributed by atoms with Crippen LogP contribution in [0, 0.1) is 13.8 Å². The summed E-state index contributed by atoms with van der Waals surface area (Å²) < 4.78 is 0. The molecule has 0 saturated carbocycles. The van der Waals surface area contributed by atoms with Gasteiger partial charge in [-0.25, -0.2) is 0 Å². The van der Waals surface area contributed by atoms with E-state index in [4.69, 9.17) is 11.6 Å². The SMILES string of the molecule is Cc1cccc(C)c1NC(=O)Cc1ccc(Cl)cc1. The summed E-state index contributed by atoms with van der Waals surface area (Å²) in [6.07, 6.45) is 0.352. The third kappa shape index (κ3) is 3.58. The molecule has 0 aliphatic carbocycles. The molecule has 3 heteroatoms. The van der Waals surface area contributed by atoms with Crippen molar-refractivity contribution in [3.63, 3.8) is 0 Å². The monoisotopic (exact) mass is 273 g/mol. The van der Waals surface area contributed by atoms with Crippen LogP contribution in [-0.2, 0) is 11.2 Å². The number of anilines is 1. The first kappa shape index (κ1) is 13.6. The van der Waals surface area contributed by atoms with Gasteiger partial charge in [-0.2, -0.15) is 0 Å². The molecule has 0 bridgehead atoms. The number of rotatable bonds is 3. The summed E-state index contributed by atoms with van der Waals surface area (Å²) in [4.78, 5) is 12.0. The molecular formula is C16H16ClNO. The lowest BCUT2D eigenvalue weighted by Crippen LogP contribution is -2.15. The highest BCUT2D eigenvalue weighted by Crippen LogP contribution is 2.19. The molecule has 1 N–H and O–H groups in total. The highest BCUT2D eigenvalue weighted by molar-refractivity contribution is 6.30. The molecule has 0 fully saturated rings. The zero-order chi connectivity index (χ0) is 13.8. The van der Waals surface area contributed by atoms with Crippen LogP contribution in [0.25, 0.3) is 0 Å². The van der Waals surface area contributed by atoms with Crippen molar-refractivity contribution in [1.82, 2.24) is 0 Å². The van der Waals surface area contributed by atoms with Gasteiger partial charge in [0.05, 0.1) is 6.42 Å². The Balaban J connectivity index is 2.07. The summed E-state index contributed by atoms with van der Waals surface area (Å²) in [6, 6.07) is 13.3. The number of benzene rings is 2. The summed E-state index contributed by atoms with van der Waals surface area (Å²) in [6.45, 7) is 3.98. The minimum atomic E-state index is -0.0141. The second-order valence-corrected chi connectivity index (χ2v) is 5.05. The Hall–Kier alpha value is -1.80. The van der Waals surface area contributed by atoms with Crippen LogP contribution in [0.2, 0.25) is 5.02 Å². The largest absolute Gasteiger partial charge is 0.325 e. The van der Waals surface area contributed by atoms with Crippen LogP contribution >= 0.6 is 11.6 Å². The van der Waals surface area contributed by atoms with Crippen LogP contribution in [0.1, 0.15) is 16.7 Å². The lowest BCUT2D eigenvalue weighted by molar-refractivity contribution is -0.115. The van der Waals surface area contributed by atoms with Gasteiger partial charge in [0.15, 0.2) is 0 Å². The number of hydrogen-bond acceptors (Lipinski definition) is 1. The maximum absolute atomic E-state index is 12.0. The molecule has 0 aliphatic rings. The Morgan fingerprint density at radius 3 is 2.21 bits per heavy atom. The zero-order valence-electron chi connectivity index (χ0n) is 11.0. The molecule has 0 heterocycles. The van der Waals surface area contributed by atoms with Crippen molar-refractivity contribution in [3.8, 4) is 0 Å². The van der Waals surface area contributed by atoms with Gasteiger partial charge in [-0.1, -0.05) is 41.9 Å². The Labute approximate surface area is 118 Å². The number of halogens is 1. The topological polar surface area (TPSA) is 29.1 Å². The van der Waals surface area contributed by atoms with E-state index >= 15 is 0 Å². The van der Waals surface area contributed by atoms with E-state index in [9.17, 15) is 4.79 Å². The zero-order valence-corrected chi connectivity index (χ0v) is 11.8. The van der Waals surface area contributed by atoms with Gasteiger partial charge in [0.1, 0.15) is 0 Å². The Morgan fingerprint density at radius 1 is 1.05 bits per heavy atom. The Morgan fingerprint density at radius 2 is 1.63 bits per heavy atom. The molecular weight excluding hydrogens is 258 g/mol. The fraction of sp³-hybridized carbons (Fsp3) is 0.188. The van der Waals surface area contributed by atoms with Gasteiger partial charge < -0.3 is 5.32 Å². The van der Waals surface area contributed by atoms with Gasteiger partial charge in [0, 0.05) is 10.7 Å². The van der Waals surface area contributed by atoms with Crippen LogP contribution < -0.4 is 5.32 Å². The molecule has 1 amide bonds. The van der Waals surface area contributed by atoms with Crippen molar-refractivity contribution < 1.29 is 4.79 Å². The van der Waals surface area contributed by atoms with Gasteiger partial charge in [-0.15, -0.1) is 0 Å². The molecule has 2 aromatic rings. The fourth-order valence-corrected chi connectivity index (χ4v) is 2.11. The predicted octanol–water partition coefficient (Wildman–Crippen LogP) is 4.14. The average Bonchev–Trinajstić information content (AvgIpc) is 2.37. The molecule has 0 aromatic heterocycles. The van der Waals surface area contributed by atoms with Gasteiger partial charge >= 0.3 is 0 Å². The first-order valence-electron chi connectivity index (χ1n) is 6.17. The highest BCUT2D eigenvalue weighted by atomic mass is 35.5. The first-order valence-corrected chi connectivity index (χ1v) is 6.54. The van der Waals surface area contributed by atoms with Crippen LogP contribution in [-0.4, -0.2) is 5.91 Å². The van der Waals surface area contributed by atoms with Crippen LogP contribution in [0.3, 0.4) is 0 Å². The second kappa shape index (κ2) is 5.89. The van der Waals surface area contributed by atoms with Gasteiger partial charge in [0.25, 0.3) is 0 Å². The molecule has 2 nitrogen and oxygen atoms in total. The summed E-state index contributed by atoms with van der Waals surface area (Å²) in [5, 5.41) is 3.65. The molecule has 19 heavy (non-hydrogen) atoms. The smallest absolute Gasteiger partial charge is 0.228 e. The Kier molecular flexibility index (Phi) is 4.23. The lowest BCUT2D eigenvalue weighted by Gasteiger charge is -2.11. The number of hydrogen-bond donors (Lipinski definition) is 1. The maximum Gasteiger partial charge on any atom is 0.228 e. The molecule has 0 saturated heterocycles. The van der Waals surface area contributed by atoms with E-state index in [-0.39, 0.29) is 5.91 Å². The van der Waals surface area contributed by atoms with Crippen LogP contribution in [0.15, 0.2) is 42.5 Å². The summed E-state index contributed by atoms with van der Waals surface area (Å²) in [7, 11) is 0. The minimum Gasteiger partial charge on any atom is -0.325 e. The van der Waals surface area contributed by atoms with Crippen molar-refractivity contribution in [2.75, 3.05) is 5.32 Å². The van der Waals surface area contributed by atoms with E-state index in [1.54, 1.807) is 12.1 Å². The van der Waals surface area contributed by atoms with Crippen molar-refractivity contribution >= 4 is 23.2 Å².